The van der Waals surface area contributed by atoms with Crippen molar-refractivity contribution in [1.82, 2.24) is 10.2 Å². The first-order valence-corrected chi connectivity index (χ1v) is 12.9. The van der Waals surface area contributed by atoms with Crippen LogP contribution in [-0.2, 0) is 6.42 Å². The summed E-state index contributed by atoms with van der Waals surface area (Å²) in [5, 5.41) is 3.66. The number of fused-ring (bicyclic) bond motifs is 2. The number of amidine groups is 1. The molecule has 5 rings (SSSR count). The van der Waals surface area contributed by atoms with Crippen LogP contribution < -0.4 is 5.32 Å². The fourth-order valence-corrected chi connectivity index (χ4v) is 6.74. The van der Waals surface area contributed by atoms with Gasteiger partial charge in [-0.15, -0.1) is 11.3 Å². The molecular formula is C26H28FN3S2. The second-order valence-corrected chi connectivity index (χ2v) is 11.2. The fourth-order valence-electron chi connectivity index (χ4n) is 4.30. The Morgan fingerprint density at radius 2 is 2.03 bits per heavy atom. The van der Waals surface area contributed by atoms with Crippen LogP contribution in [0, 0.1) is 5.82 Å². The monoisotopic (exact) mass is 465 g/mol. The van der Waals surface area contributed by atoms with E-state index < -0.39 is 0 Å². The maximum atomic E-state index is 13.6. The van der Waals surface area contributed by atoms with Gasteiger partial charge in [0, 0.05) is 41.0 Å². The maximum absolute atomic E-state index is 13.6. The Balaban J connectivity index is 1.41. The lowest BCUT2D eigenvalue weighted by Gasteiger charge is -2.36. The van der Waals surface area contributed by atoms with E-state index in [1.54, 1.807) is 12.1 Å². The molecule has 3 heterocycles. The zero-order valence-electron chi connectivity index (χ0n) is 18.5. The molecule has 3 aromatic rings. The minimum Gasteiger partial charge on any atom is -0.353 e. The lowest BCUT2D eigenvalue weighted by Crippen LogP contribution is -2.52. The quantitative estimate of drug-likeness (QED) is 0.479. The van der Waals surface area contributed by atoms with E-state index in [2.05, 4.69) is 54.4 Å². The number of nitrogens with zero attached hydrogens (tertiary/aromatic N) is 2. The molecular weight excluding hydrogens is 437 g/mol. The third-order valence-corrected chi connectivity index (χ3v) is 8.75. The van der Waals surface area contributed by atoms with Gasteiger partial charge in [-0.3, -0.25) is 0 Å². The molecule has 3 nitrogen and oxygen atoms in total. The highest BCUT2D eigenvalue weighted by atomic mass is 32.2. The lowest BCUT2D eigenvalue weighted by molar-refractivity contribution is 0.282. The summed E-state index contributed by atoms with van der Waals surface area (Å²) in [6.07, 6.45) is 1.85. The molecule has 0 spiro atoms. The van der Waals surface area contributed by atoms with E-state index in [4.69, 9.17) is 4.99 Å². The van der Waals surface area contributed by atoms with Crippen molar-refractivity contribution in [2.45, 2.75) is 47.8 Å². The highest BCUT2D eigenvalue weighted by Gasteiger charge is 2.28. The number of para-hydroxylation sites is 1. The molecule has 2 aromatic carbocycles. The molecule has 0 saturated carbocycles. The van der Waals surface area contributed by atoms with Crippen LogP contribution in [-0.4, -0.2) is 36.4 Å². The number of hydrogen-bond acceptors (Lipinski definition) is 5. The van der Waals surface area contributed by atoms with E-state index in [1.807, 2.05) is 29.2 Å². The van der Waals surface area contributed by atoms with Crippen molar-refractivity contribution in [2.75, 3.05) is 19.6 Å². The van der Waals surface area contributed by atoms with Crippen LogP contribution in [0.5, 0.6) is 0 Å². The second kappa shape index (κ2) is 9.38. The zero-order chi connectivity index (χ0) is 22.1. The van der Waals surface area contributed by atoms with E-state index >= 15 is 0 Å². The Bertz CT molecular complexity index is 1140. The third kappa shape index (κ3) is 4.63. The third-order valence-electron chi connectivity index (χ3n) is 6.05. The van der Waals surface area contributed by atoms with Gasteiger partial charge in [-0.05, 0) is 54.7 Å². The van der Waals surface area contributed by atoms with Gasteiger partial charge >= 0.3 is 0 Å². The average molecular weight is 466 g/mol. The predicted molar refractivity (Wildman–Crippen MR) is 133 cm³/mol. The highest BCUT2D eigenvalue weighted by molar-refractivity contribution is 8.01. The molecule has 2 aliphatic rings. The predicted octanol–water partition coefficient (Wildman–Crippen LogP) is 6.46. The fraction of sp³-hybridized carbons (Fsp3) is 0.346. The summed E-state index contributed by atoms with van der Waals surface area (Å²) in [6, 6.07) is 18.1. The molecule has 0 unspecified atom stereocenters. The van der Waals surface area contributed by atoms with Gasteiger partial charge in [0.2, 0.25) is 0 Å². The van der Waals surface area contributed by atoms with Crippen LogP contribution in [0.4, 0.5) is 10.1 Å². The van der Waals surface area contributed by atoms with Gasteiger partial charge in [0.25, 0.3) is 0 Å². The van der Waals surface area contributed by atoms with Gasteiger partial charge in [-0.1, -0.05) is 49.9 Å². The van der Waals surface area contributed by atoms with E-state index in [-0.39, 0.29) is 5.82 Å². The van der Waals surface area contributed by atoms with E-state index in [9.17, 15) is 4.39 Å². The van der Waals surface area contributed by atoms with Gasteiger partial charge < -0.3 is 10.2 Å². The maximum Gasteiger partial charge on any atom is 0.138 e. The Labute approximate surface area is 197 Å². The second-order valence-electron chi connectivity index (χ2n) is 8.78. The number of halogens is 1. The van der Waals surface area contributed by atoms with Crippen molar-refractivity contribution in [1.29, 1.82) is 0 Å². The number of nitrogens with one attached hydrogen (secondary N) is 1. The minimum atomic E-state index is -0.157. The summed E-state index contributed by atoms with van der Waals surface area (Å²) in [7, 11) is 0. The summed E-state index contributed by atoms with van der Waals surface area (Å²) in [6.45, 7) is 7.29. The van der Waals surface area contributed by atoms with Crippen LogP contribution in [0.3, 0.4) is 0 Å². The number of aliphatic imine (C=N–C) groups is 1. The minimum absolute atomic E-state index is 0.157. The van der Waals surface area contributed by atoms with Crippen molar-refractivity contribution in [2.24, 2.45) is 4.99 Å². The Hall–Kier alpha value is -2.15. The van der Waals surface area contributed by atoms with Crippen molar-refractivity contribution in [3.8, 4) is 0 Å². The largest absolute Gasteiger partial charge is 0.353 e. The van der Waals surface area contributed by atoms with Crippen LogP contribution in [0.15, 0.2) is 68.7 Å². The molecule has 1 aromatic heterocycles. The molecule has 0 bridgehead atoms. The van der Waals surface area contributed by atoms with Gasteiger partial charge in [0.05, 0.1) is 9.90 Å². The molecule has 1 N–H and O–H groups in total. The molecule has 0 amide bonds. The highest BCUT2D eigenvalue weighted by Crippen LogP contribution is 2.45. The summed E-state index contributed by atoms with van der Waals surface area (Å²) >= 11 is 3.75. The van der Waals surface area contributed by atoms with Crippen molar-refractivity contribution >= 4 is 34.6 Å². The van der Waals surface area contributed by atoms with E-state index in [1.165, 1.54) is 25.6 Å². The van der Waals surface area contributed by atoms with Crippen molar-refractivity contribution < 1.29 is 4.39 Å². The van der Waals surface area contributed by atoms with Crippen LogP contribution in [0.25, 0.3) is 0 Å². The molecule has 0 radical (unpaired) electrons. The van der Waals surface area contributed by atoms with Crippen molar-refractivity contribution in [3.63, 3.8) is 0 Å². The van der Waals surface area contributed by atoms with Gasteiger partial charge in [-0.25, -0.2) is 9.38 Å². The molecule has 1 fully saturated rings. The Morgan fingerprint density at radius 1 is 1.16 bits per heavy atom. The van der Waals surface area contributed by atoms with Gasteiger partial charge in [0.1, 0.15) is 11.7 Å². The first-order valence-electron chi connectivity index (χ1n) is 11.3. The number of thiophene rings is 1. The number of aryl methyl sites for hydroxylation is 1. The van der Waals surface area contributed by atoms with Crippen LogP contribution >= 0.6 is 23.1 Å². The Morgan fingerprint density at radius 3 is 2.88 bits per heavy atom. The average Bonchev–Trinajstić information content (AvgIpc) is 3.14. The van der Waals surface area contributed by atoms with E-state index in [0.29, 0.717) is 12.0 Å². The first kappa shape index (κ1) is 21.7. The first-order chi connectivity index (χ1) is 15.6. The molecule has 166 valence electrons. The molecule has 6 heteroatoms. The topological polar surface area (TPSA) is 27.6 Å². The number of rotatable bonds is 4. The summed E-state index contributed by atoms with van der Waals surface area (Å²) in [4.78, 5) is 10.3. The van der Waals surface area contributed by atoms with Crippen LogP contribution in [0.1, 0.15) is 42.2 Å². The Kier molecular flexibility index (Phi) is 6.35. The van der Waals surface area contributed by atoms with Crippen LogP contribution in [0.2, 0.25) is 0 Å². The van der Waals surface area contributed by atoms with Gasteiger partial charge in [-0.2, -0.15) is 0 Å². The molecule has 1 atom stereocenters. The summed E-state index contributed by atoms with van der Waals surface area (Å²) in [5.74, 6) is 1.44. The van der Waals surface area contributed by atoms with Crippen molar-refractivity contribution in [3.05, 3.63) is 76.4 Å². The summed E-state index contributed by atoms with van der Waals surface area (Å²) in [5.41, 5.74) is 3.38. The molecule has 2 aliphatic heterocycles. The number of hydrogen-bond donors (Lipinski definition) is 1. The SMILES string of the molecule is CC(C)c1cc2c(s1)Sc1ccccc1N=C2N1CCN[C@@H](CCc2cccc(F)c2)C1. The van der Waals surface area contributed by atoms with Gasteiger partial charge in [0.15, 0.2) is 0 Å². The normalized spacial score (nSPS) is 18.2. The molecule has 0 aliphatic carbocycles. The molecule has 1 saturated heterocycles. The zero-order valence-corrected chi connectivity index (χ0v) is 20.1. The standard InChI is InChI=1S/C26H28FN3S2/c1-17(2)24-15-21-25(29-22-8-3-4-9-23(22)31-26(21)32-24)30-13-12-28-20(16-30)11-10-18-6-5-7-19(27)14-18/h3-9,14-15,17,20,28H,10-13,16H2,1-2H3/t20-/m0/s1. The lowest BCUT2D eigenvalue weighted by atomic mass is 10.0. The number of piperazine rings is 1. The number of benzene rings is 2. The summed E-state index contributed by atoms with van der Waals surface area (Å²) < 4.78 is 14.9. The smallest absolute Gasteiger partial charge is 0.138 e. The van der Waals surface area contributed by atoms with E-state index in [0.717, 1.165) is 49.6 Å². The molecule has 32 heavy (non-hydrogen) atoms.